The molecule has 0 unspecified atom stereocenters. The van der Waals surface area contributed by atoms with Gasteiger partial charge in [-0.1, -0.05) is 12.1 Å². The molecule has 0 radical (unpaired) electrons. The Labute approximate surface area is 176 Å². The first-order valence-corrected chi connectivity index (χ1v) is 11.0. The fourth-order valence-electron chi connectivity index (χ4n) is 2.65. The number of hydrogen-bond donors (Lipinski definition) is 1. The van der Waals surface area contributed by atoms with Crippen LogP contribution in [0.2, 0.25) is 0 Å². The van der Waals surface area contributed by atoms with Crippen molar-refractivity contribution in [3.05, 3.63) is 58.1 Å². The average molecular weight is 489 g/mol. The van der Waals surface area contributed by atoms with Gasteiger partial charge in [-0.2, -0.15) is 8.78 Å². The zero-order valence-electron chi connectivity index (χ0n) is 15.4. The summed E-state index contributed by atoms with van der Waals surface area (Å²) in [5.74, 6) is -0.352. The van der Waals surface area contributed by atoms with Crippen molar-refractivity contribution in [3.8, 4) is 5.75 Å². The number of sulfonamides is 1. The number of ether oxygens (including phenoxy) is 1. The lowest BCUT2D eigenvalue weighted by molar-refractivity contribution is -0.0498. The van der Waals surface area contributed by atoms with Crippen molar-refractivity contribution in [2.24, 2.45) is 0 Å². The van der Waals surface area contributed by atoms with Gasteiger partial charge in [-0.3, -0.25) is 4.79 Å². The summed E-state index contributed by atoms with van der Waals surface area (Å²) >= 11 is 3.30. The lowest BCUT2D eigenvalue weighted by Crippen LogP contribution is -2.28. The van der Waals surface area contributed by atoms with E-state index in [2.05, 4.69) is 25.4 Å². The molecule has 1 N–H and O–H groups in total. The number of alkyl halides is 2. The molecule has 1 aliphatic rings. The van der Waals surface area contributed by atoms with Crippen LogP contribution in [0.15, 0.2) is 51.8 Å². The van der Waals surface area contributed by atoms with Crippen molar-refractivity contribution in [1.29, 1.82) is 0 Å². The second-order valence-corrected chi connectivity index (χ2v) is 9.29. The van der Waals surface area contributed by atoms with Gasteiger partial charge in [-0.15, -0.1) is 0 Å². The molecule has 2 aromatic carbocycles. The maximum Gasteiger partial charge on any atom is 0.387 e. The normalized spacial score (nSPS) is 14.1. The third-order valence-electron chi connectivity index (χ3n) is 4.29. The zero-order chi connectivity index (χ0) is 21.2. The highest BCUT2D eigenvalue weighted by molar-refractivity contribution is 9.10. The topological polar surface area (TPSA) is 75.7 Å². The summed E-state index contributed by atoms with van der Waals surface area (Å²) in [6, 6.07) is 10.2. The van der Waals surface area contributed by atoms with Crippen molar-refractivity contribution in [2.45, 2.75) is 36.9 Å². The van der Waals surface area contributed by atoms with Crippen LogP contribution in [0, 0.1) is 0 Å². The van der Waals surface area contributed by atoms with Crippen LogP contribution in [0.5, 0.6) is 5.75 Å². The smallest absolute Gasteiger partial charge is 0.387 e. The standard InChI is InChI=1S/C19H19BrF2N2O4S/c1-24(11-12-2-6-14(7-3-12)28-19(21)22)18(25)16-10-15(8-9-17(16)20)29(26,27)23-13-4-5-13/h2-3,6-10,13,19,23H,4-5,11H2,1H3. The van der Waals surface area contributed by atoms with E-state index in [4.69, 9.17) is 0 Å². The molecule has 29 heavy (non-hydrogen) atoms. The van der Waals surface area contributed by atoms with E-state index in [9.17, 15) is 22.0 Å². The number of halogens is 3. The van der Waals surface area contributed by atoms with Crippen LogP contribution in [0.25, 0.3) is 0 Å². The van der Waals surface area contributed by atoms with Crippen molar-refractivity contribution in [1.82, 2.24) is 9.62 Å². The molecule has 1 fully saturated rings. The van der Waals surface area contributed by atoms with Crippen molar-refractivity contribution >= 4 is 31.9 Å². The molecule has 1 aliphatic carbocycles. The Morgan fingerprint density at radius 3 is 2.48 bits per heavy atom. The molecule has 0 saturated heterocycles. The van der Waals surface area contributed by atoms with E-state index < -0.39 is 16.6 Å². The van der Waals surface area contributed by atoms with Crippen molar-refractivity contribution in [3.63, 3.8) is 0 Å². The Morgan fingerprint density at radius 1 is 1.24 bits per heavy atom. The third kappa shape index (κ3) is 5.74. The zero-order valence-corrected chi connectivity index (χ0v) is 17.8. The van der Waals surface area contributed by atoms with Crippen molar-refractivity contribution < 1.29 is 26.7 Å². The van der Waals surface area contributed by atoms with Gasteiger partial charge in [0.2, 0.25) is 10.0 Å². The molecule has 1 amide bonds. The first-order chi connectivity index (χ1) is 13.7. The summed E-state index contributed by atoms with van der Waals surface area (Å²) < 4.78 is 56.7. The number of nitrogens with zero attached hydrogens (tertiary/aromatic N) is 1. The van der Waals surface area contributed by atoms with E-state index in [-0.39, 0.29) is 34.7 Å². The lowest BCUT2D eigenvalue weighted by Gasteiger charge is -2.19. The fraction of sp³-hybridized carbons (Fsp3) is 0.316. The molecule has 2 aromatic rings. The molecule has 156 valence electrons. The fourth-order valence-corrected chi connectivity index (χ4v) is 4.40. The summed E-state index contributed by atoms with van der Waals surface area (Å²) in [5.41, 5.74) is 0.918. The van der Waals surface area contributed by atoms with Gasteiger partial charge in [0.25, 0.3) is 5.91 Å². The van der Waals surface area contributed by atoms with Crippen LogP contribution >= 0.6 is 15.9 Å². The van der Waals surface area contributed by atoms with Gasteiger partial charge in [-0.05, 0) is 64.7 Å². The number of rotatable bonds is 8. The second kappa shape index (κ2) is 8.76. The molecule has 6 nitrogen and oxygen atoms in total. The van der Waals surface area contributed by atoms with Crippen LogP contribution in [0.3, 0.4) is 0 Å². The van der Waals surface area contributed by atoms with E-state index in [1.807, 2.05) is 0 Å². The molecule has 0 aromatic heterocycles. The van der Waals surface area contributed by atoms with Gasteiger partial charge in [0.05, 0.1) is 10.5 Å². The largest absolute Gasteiger partial charge is 0.435 e. The van der Waals surface area contributed by atoms with Gasteiger partial charge in [0.15, 0.2) is 0 Å². The molecular weight excluding hydrogens is 470 g/mol. The summed E-state index contributed by atoms with van der Waals surface area (Å²) in [4.78, 5) is 14.3. The molecule has 0 heterocycles. The Hall–Kier alpha value is -2.04. The van der Waals surface area contributed by atoms with Crippen LogP contribution in [0.1, 0.15) is 28.8 Å². The first kappa shape index (κ1) is 21.7. The van der Waals surface area contributed by atoms with Crippen molar-refractivity contribution in [2.75, 3.05) is 7.05 Å². The molecule has 10 heteroatoms. The minimum atomic E-state index is -3.69. The highest BCUT2D eigenvalue weighted by atomic mass is 79.9. The maximum atomic E-state index is 12.9. The Bertz CT molecular complexity index is 996. The Balaban J connectivity index is 1.74. The molecule has 1 saturated carbocycles. The van der Waals surface area contributed by atoms with Gasteiger partial charge in [-0.25, -0.2) is 13.1 Å². The Morgan fingerprint density at radius 2 is 1.90 bits per heavy atom. The van der Waals surface area contributed by atoms with Gasteiger partial charge in [0.1, 0.15) is 5.75 Å². The number of hydrogen-bond acceptors (Lipinski definition) is 4. The van der Waals surface area contributed by atoms with Gasteiger partial charge < -0.3 is 9.64 Å². The quantitative estimate of drug-likeness (QED) is 0.613. The van der Waals surface area contributed by atoms with E-state index in [0.29, 0.717) is 10.0 Å². The van der Waals surface area contributed by atoms with Gasteiger partial charge in [0, 0.05) is 24.1 Å². The monoisotopic (exact) mass is 488 g/mol. The number of amides is 1. The Kier molecular flexibility index (Phi) is 6.55. The number of carbonyl (C=O) groups excluding carboxylic acids is 1. The van der Waals surface area contributed by atoms with Gasteiger partial charge >= 0.3 is 6.61 Å². The van der Waals surface area contributed by atoms with E-state index in [1.54, 1.807) is 19.2 Å². The molecular formula is C19H19BrF2N2O4S. The first-order valence-electron chi connectivity index (χ1n) is 8.77. The van der Waals surface area contributed by atoms with E-state index in [1.165, 1.54) is 35.2 Å². The minimum absolute atomic E-state index is 0.0258. The molecule has 0 atom stereocenters. The summed E-state index contributed by atoms with van der Waals surface area (Å²) in [6.45, 7) is -2.70. The average Bonchev–Trinajstić information content (AvgIpc) is 3.45. The molecule has 0 aliphatic heterocycles. The highest BCUT2D eigenvalue weighted by Gasteiger charge is 2.29. The van der Waals surface area contributed by atoms with Crippen LogP contribution in [0.4, 0.5) is 8.78 Å². The molecule has 0 spiro atoms. The highest BCUT2D eigenvalue weighted by Crippen LogP contribution is 2.26. The lowest BCUT2D eigenvalue weighted by atomic mass is 10.1. The minimum Gasteiger partial charge on any atom is -0.435 e. The number of carbonyl (C=O) groups is 1. The predicted molar refractivity (Wildman–Crippen MR) is 106 cm³/mol. The predicted octanol–water partition coefficient (Wildman–Crippen LogP) is 3.76. The second-order valence-electron chi connectivity index (χ2n) is 6.72. The van der Waals surface area contributed by atoms with Crippen LogP contribution < -0.4 is 9.46 Å². The van der Waals surface area contributed by atoms with Crippen LogP contribution in [-0.2, 0) is 16.6 Å². The third-order valence-corrected chi connectivity index (χ3v) is 6.50. The van der Waals surface area contributed by atoms with Crippen LogP contribution in [-0.4, -0.2) is 38.9 Å². The molecule has 3 rings (SSSR count). The summed E-state index contributed by atoms with van der Waals surface area (Å²) in [5, 5.41) is 0. The number of benzene rings is 2. The summed E-state index contributed by atoms with van der Waals surface area (Å²) in [6.07, 6.45) is 1.62. The summed E-state index contributed by atoms with van der Waals surface area (Å²) in [7, 11) is -2.11. The molecule has 0 bridgehead atoms. The number of nitrogens with one attached hydrogen (secondary N) is 1. The van der Waals surface area contributed by atoms with E-state index >= 15 is 0 Å². The van der Waals surface area contributed by atoms with E-state index in [0.717, 1.165) is 12.8 Å². The maximum absolute atomic E-state index is 12.9. The SMILES string of the molecule is CN(Cc1ccc(OC(F)F)cc1)C(=O)c1cc(S(=O)(=O)NC2CC2)ccc1Br.